The van der Waals surface area contributed by atoms with Crippen molar-refractivity contribution < 1.29 is 4.42 Å². The van der Waals surface area contributed by atoms with E-state index in [9.17, 15) is 0 Å². The van der Waals surface area contributed by atoms with E-state index in [2.05, 4.69) is 154 Å². The third-order valence-electron chi connectivity index (χ3n) is 9.98. The number of furan rings is 1. The van der Waals surface area contributed by atoms with E-state index in [1.165, 1.54) is 75.6 Å². The van der Waals surface area contributed by atoms with Crippen molar-refractivity contribution in [1.82, 2.24) is 0 Å². The highest BCUT2D eigenvalue weighted by atomic mass is 32.1. The third kappa shape index (κ3) is 3.99. The average Bonchev–Trinajstić information content (AvgIpc) is 3.72. The van der Waals surface area contributed by atoms with Crippen LogP contribution in [-0.4, -0.2) is 0 Å². The van der Waals surface area contributed by atoms with Gasteiger partial charge in [-0.05, 0) is 57.1 Å². The van der Waals surface area contributed by atoms with Crippen molar-refractivity contribution >= 4 is 42.5 Å². The van der Waals surface area contributed by atoms with Crippen molar-refractivity contribution in [3.63, 3.8) is 0 Å². The molecule has 0 radical (unpaired) electrons. The molecule has 2 aromatic heterocycles. The normalized spacial score (nSPS) is 14.2. The van der Waals surface area contributed by atoms with Crippen LogP contribution in [0.5, 0.6) is 0 Å². The summed E-state index contributed by atoms with van der Waals surface area (Å²) in [4.78, 5) is 0. The van der Waals surface area contributed by atoms with Gasteiger partial charge in [0.1, 0.15) is 11.3 Å². The first-order chi connectivity index (χ1) is 22.0. The predicted molar refractivity (Wildman–Crippen MR) is 191 cm³/mol. The van der Waals surface area contributed by atoms with Crippen LogP contribution in [0, 0.1) is 0 Å². The Labute approximate surface area is 267 Å². The van der Waals surface area contributed by atoms with Crippen LogP contribution in [0.1, 0.15) is 48.9 Å². The minimum absolute atomic E-state index is 0.159. The van der Waals surface area contributed by atoms with Crippen LogP contribution in [-0.2, 0) is 5.41 Å². The quantitative estimate of drug-likeness (QED) is 0.197. The zero-order valence-corrected chi connectivity index (χ0v) is 26.4. The molecule has 8 aromatic rings. The molecule has 0 aliphatic heterocycles. The molecule has 1 unspecified atom stereocenters. The summed E-state index contributed by atoms with van der Waals surface area (Å²) in [5, 5.41) is 3.88. The minimum Gasteiger partial charge on any atom is -0.456 e. The summed E-state index contributed by atoms with van der Waals surface area (Å²) in [5.74, 6) is 1.34. The van der Waals surface area contributed by atoms with E-state index in [0.29, 0.717) is 5.92 Å². The minimum atomic E-state index is -0.159. The lowest BCUT2D eigenvalue weighted by molar-refractivity contribution is 0.619. The predicted octanol–water partition coefficient (Wildman–Crippen LogP) is 12.6. The highest BCUT2D eigenvalue weighted by Crippen LogP contribution is 2.55. The molecule has 9 rings (SSSR count). The van der Waals surface area contributed by atoms with Crippen LogP contribution in [0.25, 0.3) is 64.7 Å². The topological polar surface area (TPSA) is 13.1 Å². The summed E-state index contributed by atoms with van der Waals surface area (Å²) < 4.78 is 9.14. The van der Waals surface area contributed by atoms with Crippen LogP contribution >= 0.6 is 11.3 Å². The summed E-state index contributed by atoms with van der Waals surface area (Å²) in [6.45, 7) is 7.01. The number of hydrogen-bond donors (Lipinski definition) is 0. The third-order valence-corrected chi connectivity index (χ3v) is 11.1. The van der Waals surface area contributed by atoms with Crippen molar-refractivity contribution in [2.75, 3.05) is 0 Å². The van der Waals surface area contributed by atoms with Gasteiger partial charge in [0.2, 0.25) is 0 Å². The molecule has 2 heterocycles. The van der Waals surface area contributed by atoms with Gasteiger partial charge in [0.15, 0.2) is 0 Å². The molecule has 6 aromatic carbocycles. The smallest absolute Gasteiger partial charge is 0.139 e. The fraction of sp³-hybridized carbons (Fsp3) is 0.116. The van der Waals surface area contributed by atoms with Gasteiger partial charge in [-0.1, -0.05) is 136 Å². The summed E-state index contributed by atoms with van der Waals surface area (Å²) in [6, 6.07) is 48.9. The Morgan fingerprint density at radius 2 is 1.18 bits per heavy atom. The maximum Gasteiger partial charge on any atom is 0.139 e. The van der Waals surface area contributed by atoms with Crippen molar-refractivity contribution in [2.24, 2.45) is 0 Å². The van der Waals surface area contributed by atoms with E-state index in [1.54, 1.807) is 0 Å². The van der Waals surface area contributed by atoms with E-state index in [-0.39, 0.29) is 5.41 Å². The maximum absolute atomic E-state index is 6.46. The first-order valence-corrected chi connectivity index (χ1v) is 16.6. The van der Waals surface area contributed by atoms with Gasteiger partial charge in [0, 0.05) is 48.0 Å². The molecule has 1 aliphatic carbocycles. The summed E-state index contributed by atoms with van der Waals surface area (Å²) >= 11 is 1.90. The highest BCUT2D eigenvalue weighted by molar-refractivity contribution is 7.25. The molecular formula is C43H32OS. The SMILES string of the molecule is CC(c1ccc(-c2ccccc2)cc1)c1ccc2c(c1)sc1cc(-c3cccc4c3C(C)(C)c3c-4oc4ccccc34)ccc12. The molecule has 1 atom stereocenters. The number of hydrogen-bond acceptors (Lipinski definition) is 2. The molecule has 0 bridgehead atoms. The fourth-order valence-electron chi connectivity index (χ4n) is 7.65. The van der Waals surface area contributed by atoms with Crippen LogP contribution < -0.4 is 0 Å². The van der Waals surface area contributed by atoms with E-state index >= 15 is 0 Å². The lowest BCUT2D eigenvalue weighted by Gasteiger charge is -2.24. The molecule has 2 heteroatoms. The molecule has 0 amide bonds. The molecule has 0 spiro atoms. The molecular weight excluding hydrogens is 565 g/mol. The number of fused-ring (bicyclic) bond motifs is 8. The van der Waals surface area contributed by atoms with Crippen LogP contribution in [0.2, 0.25) is 0 Å². The lowest BCUT2D eigenvalue weighted by Crippen LogP contribution is -2.16. The highest BCUT2D eigenvalue weighted by Gasteiger charge is 2.41. The number of rotatable bonds is 4. The van der Waals surface area contributed by atoms with Crippen LogP contribution in [0.3, 0.4) is 0 Å². The first-order valence-electron chi connectivity index (χ1n) is 15.8. The van der Waals surface area contributed by atoms with Crippen molar-refractivity contribution in [1.29, 1.82) is 0 Å². The first kappa shape index (κ1) is 26.5. The van der Waals surface area contributed by atoms with Gasteiger partial charge in [-0.25, -0.2) is 0 Å². The Balaban J connectivity index is 1.09. The van der Waals surface area contributed by atoms with Gasteiger partial charge in [-0.15, -0.1) is 11.3 Å². The number of benzene rings is 6. The van der Waals surface area contributed by atoms with Gasteiger partial charge < -0.3 is 4.42 Å². The molecule has 1 aliphatic rings. The molecule has 0 saturated carbocycles. The van der Waals surface area contributed by atoms with E-state index in [4.69, 9.17) is 4.42 Å². The maximum atomic E-state index is 6.46. The molecule has 216 valence electrons. The van der Waals surface area contributed by atoms with Gasteiger partial charge in [-0.2, -0.15) is 0 Å². The fourth-order valence-corrected chi connectivity index (χ4v) is 8.85. The van der Waals surface area contributed by atoms with Gasteiger partial charge >= 0.3 is 0 Å². The van der Waals surface area contributed by atoms with Gasteiger partial charge in [0.25, 0.3) is 0 Å². The Kier molecular flexibility index (Phi) is 5.76. The van der Waals surface area contributed by atoms with E-state index in [0.717, 1.165) is 11.3 Å². The van der Waals surface area contributed by atoms with Crippen molar-refractivity contribution in [3.8, 4) is 33.6 Å². The second kappa shape index (κ2) is 9.79. The summed E-state index contributed by atoms with van der Waals surface area (Å²) in [7, 11) is 0. The number of para-hydroxylation sites is 1. The molecule has 0 saturated heterocycles. The summed E-state index contributed by atoms with van der Waals surface area (Å²) in [5.41, 5.74) is 12.5. The molecule has 45 heavy (non-hydrogen) atoms. The zero-order valence-electron chi connectivity index (χ0n) is 25.6. The molecule has 0 fully saturated rings. The monoisotopic (exact) mass is 596 g/mol. The summed E-state index contributed by atoms with van der Waals surface area (Å²) in [6.07, 6.45) is 0. The average molecular weight is 597 g/mol. The largest absolute Gasteiger partial charge is 0.456 e. The van der Waals surface area contributed by atoms with Crippen LogP contribution in [0.15, 0.2) is 138 Å². The van der Waals surface area contributed by atoms with Gasteiger partial charge in [-0.3, -0.25) is 0 Å². The second-order valence-electron chi connectivity index (χ2n) is 12.9. The number of thiophene rings is 1. The van der Waals surface area contributed by atoms with Crippen LogP contribution in [0.4, 0.5) is 0 Å². The lowest BCUT2D eigenvalue weighted by atomic mass is 9.78. The molecule has 1 nitrogen and oxygen atoms in total. The Morgan fingerprint density at radius 3 is 2.00 bits per heavy atom. The molecule has 0 N–H and O–H groups in total. The Hall–Kier alpha value is -4.92. The van der Waals surface area contributed by atoms with Gasteiger partial charge in [0.05, 0.1) is 0 Å². The van der Waals surface area contributed by atoms with E-state index < -0.39 is 0 Å². The van der Waals surface area contributed by atoms with Crippen molar-refractivity contribution in [2.45, 2.75) is 32.1 Å². The second-order valence-corrected chi connectivity index (χ2v) is 14.0. The Bertz CT molecular complexity index is 2400. The standard InChI is InChI=1S/C43H32OS/c1-26(27-16-18-29(19-17-27)28-10-5-4-6-11-28)30-20-22-33-34-23-21-31(25-39(34)45-38(33)24-30)32-13-9-14-36-40(32)43(2,3)41-35-12-7-8-15-37(35)44-42(36)41/h4-26H,1-3H3. The zero-order chi connectivity index (χ0) is 30.3. The van der Waals surface area contributed by atoms with E-state index in [1.807, 2.05) is 11.3 Å². The Morgan fingerprint density at radius 1 is 0.533 bits per heavy atom. The van der Waals surface area contributed by atoms with Crippen molar-refractivity contribution in [3.05, 3.63) is 156 Å².